The van der Waals surface area contributed by atoms with Crippen LogP contribution in [0.2, 0.25) is 0 Å². The van der Waals surface area contributed by atoms with E-state index in [1.54, 1.807) is 12.1 Å². The molecule has 0 aliphatic carbocycles. The maximum Gasteiger partial charge on any atom is 0.115 e. The van der Waals surface area contributed by atoms with Crippen molar-refractivity contribution in [2.45, 2.75) is 6.54 Å². The van der Waals surface area contributed by atoms with Crippen LogP contribution in [0.15, 0.2) is 24.3 Å². The monoisotopic (exact) mass is 225 g/mol. The van der Waals surface area contributed by atoms with Gasteiger partial charge in [0.2, 0.25) is 0 Å². The number of nitrogens with zero attached hydrogens (tertiary/aromatic N) is 1. The van der Waals surface area contributed by atoms with E-state index >= 15 is 0 Å². The molecule has 0 atom stereocenters. The van der Waals surface area contributed by atoms with E-state index in [4.69, 9.17) is 0 Å². The summed E-state index contributed by atoms with van der Waals surface area (Å²) in [5.74, 6) is 1.87. The number of hydrogen-bond acceptors (Lipinski definition) is 3. The SMILES string of the molecule is O=S1CCN(Cc2cccc(O)c2)CC1. The van der Waals surface area contributed by atoms with Crippen LogP contribution in [0, 0.1) is 0 Å². The summed E-state index contributed by atoms with van der Waals surface area (Å²) < 4.78 is 11.2. The summed E-state index contributed by atoms with van der Waals surface area (Å²) in [6.07, 6.45) is 0. The fourth-order valence-corrected chi connectivity index (χ4v) is 2.87. The topological polar surface area (TPSA) is 40.5 Å². The molecule has 1 fully saturated rings. The van der Waals surface area contributed by atoms with E-state index in [0.29, 0.717) is 5.75 Å². The maximum absolute atomic E-state index is 11.2. The number of phenolic OH excluding ortho intramolecular Hbond substituents is 1. The molecule has 1 aromatic rings. The lowest BCUT2D eigenvalue weighted by molar-refractivity contribution is 0.291. The van der Waals surface area contributed by atoms with Crippen molar-refractivity contribution in [3.63, 3.8) is 0 Å². The van der Waals surface area contributed by atoms with E-state index in [1.165, 1.54) is 0 Å². The summed E-state index contributed by atoms with van der Waals surface area (Å²) in [5.41, 5.74) is 1.11. The fraction of sp³-hybridized carbons (Fsp3) is 0.455. The lowest BCUT2D eigenvalue weighted by Gasteiger charge is -2.26. The van der Waals surface area contributed by atoms with Crippen LogP contribution in [0.25, 0.3) is 0 Å². The molecule has 0 spiro atoms. The normalized spacial score (nSPS) is 19.2. The van der Waals surface area contributed by atoms with Crippen molar-refractivity contribution < 1.29 is 9.32 Å². The van der Waals surface area contributed by atoms with Gasteiger partial charge in [0.05, 0.1) is 0 Å². The Hall–Kier alpha value is -0.870. The van der Waals surface area contributed by atoms with Crippen LogP contribution in [-0.4, -0.2) is 38.8 Å². The molecule has 3 nitrogen and oxygen atoms in total. The minimum Gasteiger partial charge on any atom is -0.508 e. The van der Waals surface area contributed by atoms with Gasteiger partial charge >= 0.3 is 0 Å². The van der Waals surface area contributed by atoms with Crippen LogP contribution in [0.4, 0.5) is 0 Å². The zero-order chi connectivity index (χ0) is 10.7. The number of aromatic hydroxyl groups is 1. The van der Waals surface area contributed by atoms with E-state index in [9.17, 15) is 9.32 Å². The highest BCUT2D eigenvalue weighted by molar-refractivity contribution is 7.85. The predicted octanol–water partition coefficient (Wildman–Crippen LogP) is 0.957. The van der Waals surface area contributed by atoms with Crippen LogP contribution in [0.1, 0.15) is 5.56 Å². The Morgan fingerprint density at radius 1 is 1.33 bits per heavy atom. The molecule has 0 saturated carbocycles. The van der Waals surface area contributed by atoms with Gasteiger partial charge in [0.1, 0.15) is 5.75 Å². The van der Waals surface area contributed by atoms with Gasteiger partial charge in [-0.25, -0.2) is 0 Å². The molecule has 4 heteroatoms. The second-order valence-corrected chi connectivity index (χ2v) is 5.49. The first kappa shape index (κ1) is 10.6. The number of rotatable bonds is 2. The molecular formula is C11H15NO2S. The molecule has 2 rings (SSSR count). The van der Waals surface area contributed by atoms with Gasteiger partial charge in [0.15, 0.2) is 0 Å². The standard InChI is InChI=1S/C11H15NO2S/c13-11-3-1-2-10(8-11)9-12-4-6-15(14)7-5-12/h1-3,8,13H,4-7,9H2. The molecule has 0 aromatic heterocycles. The highest BCUT2D eigenvalue weighted by Gasteiger charge is 2.14. The van der Waals surface area contributed by atoms with E-state index in [0.717, 1.165) is 36.7 Å². The van der Waals surface area contributed by atoms with Crippen molar-refractivity contribution in [3.05, 3.63) is 29.8 Å². The largest absolute Gasteiger partial charge is 0.508 e. The summed E-state index contributed by atoms with van der Waals surface area (Å²) in [6.45, 7) is 2.62. The highest BCUT2D eigenvalue weighted by Crippen LogP contribution is 2.13. The molecule has 82 valence electrons. The Morgan fingerprint density at radius 3 is 2.73 bits per heavy atom. The molecule has 1 N–H and O–H groups in total. The van der Waals surface area contributed by atoms with Crippen molar-refractivity contribution in [1.82, 2.24) is 4.90 Å². The summed E-state index contributed by atoms with van der Waals surface area (Å²) >= 11 is 0. The fourth-order valence-electron chi connectivity index (χ4n) is 1.75. The van der Waals surface area contributed by atoms with Gasteiger partial charge in [0.25, 0.3) is 0 Å². The molecule has 1 aromatic carbocycles. The molecule has 1 aliphatic rings. The molecule has 15 heavy (non-hydrogen) atoms. The van der Waals surface area contributed by atoms with Crippen molar-refractivity contribution >= 4 is 10.8 Å². The predicted molar refractivity (Wildman–Crippen MR) is 61.3 cm³/mol. The molecule has 0 radical (unpaired) electrons. The van der Waals surface area contributed by atoms with Crippen LogP contribution >= 0.6 is 0 Å². The zero-order valence-corrected chi connectivity index (χ0v) is 9.37. The summed E-state index contributed by atoms with van der Waals surface area (Å²) in [6, 6.07) is 7.32. The van der Waals surface area contributed by atoms with Crippen LogP contribution in [-0.2, 0) is 17.3 Å². The summed E-state index contributed by atoms with van der Waals surface area (Å²) in [4.78, 5) is 2.27. The number of phenols is 1. The third kappa shape index (κ3) is 3.04. The Balaban J connectivity index is 1.94. The smallest absolute Gasteiger partial charge is 0.115 e. The Kier molecular flexibility index (Phi) is 3.38. The van der Waals surface area contributed by atoms with Gasteiger partial charge < -0.3 is 5.11 Å². The number of hydrogen-bond donors (Lipinski definition) is 1. The van der Waals surface area contributed by atoms with Gasteiger partial charge in [0, 0.05) is 41.9 Å². The molecule has 0 unspecified atom stereocenters. The van der Waals surface area contributed by atoms with Crippen LogP contribution in [0.5, 0.6) is 5.75 Å². The molecule has 1 heterocycles. The highest BCUT2D eigenvalue weighted by atomic mass is 32.2. The van der Waals surface area contributed by atoms with Crippen LogP contribution in [0.3, 0.4) is 0 Å². The Morgan fingerprint density at radius 2 is 2.07 bits per heavy atom. The third-order valence-electron chi connectivity index (χ3n) is 2.59. The van der Waals surface area contributed by atoms with Gasteiger partial charge in [-0.15, -0.1) is 0 Å². The minimum atomic E-state index is -0.614. The summed E-state index contributed by atoms with van der Waals surface area (Å²) in [7, 11) is -0.614. The molecule has 0 amide bonds. The Labute approximate surface area is 92.2 Å². The van der Waals surface area contributed by atoms with Gasteiger partial charge in [-0.2, -0.15) is 0 Å². The van der Waals surface area contributed by atoms with Crippen LogP contribution < -0.4 is 0 Å². The average Bonchev–Trinajstić information content (AvgIpc) is 2.22. The van der Waals surface area contributed by atoms with Gasteiger partial charge in [-0.1, -0.05) is 12.1 Å². The second kappa shape index (κ2) is 4.77. The maximum atomic E-state index is 11.2. The Bertz CT molecular complexity index is 357. The average molecular weight is 225 g/mol. The minimum absolute atomic E-state index is 0.313. The lowest BCUT2D eigenvalue weighted by atomic mass is 10.2. The van der Waals surface area contributed by atoms with Gasteiger partial charge in [-0.3, -0.25) is 9.11 Å². The van der Waals surface area contributed by atoms with Gasteiger partial charge in [-0.05, 0) is 17.7 Å². The quantitative estimate of drug-likeness (QED) is 0.815. The molecular weight excluding hydrogens is 210 g/mol. The van der Waals surface area contributed by atoms with Crippen molar-refractivity contribution in [2.24, 2.45) is 0 Å². The lowest BCUT2D eigenvalue weighted by Crippen LogP contribution is -2.37. The molecule has 1 saturated heterocycles. The van der Waals surface area contributed by atoms with E-state index in [2.05, 4.69) is 4.90 Å². The first-order valence-electron chi connectivity index (χ1n) is 5.09. The van der Waals surface area contributed by atoms with Crippen molar-refractivity contribution in [2.75, 3.05) is 24.6 Å². The summed E-state index contributed by atoms with van der Waals surface area (Å²) in [5, 5.41) is 9.32. The molecule has 1 aliphatic heterocycles. The third-order valence-corrected chi connectivity index (χ3v) is 3.86. The van der Waals surface area contributed by atoms with E-state index < -0.39 is 10.8 Å². The van der Waals surface area contributed by atoms with Crippen molar-refractivity contribution in [3.8, 4) is 5.75 Å². The van der Waals surface area contributed by atoms with Crippen molar-refractivity contribution in [1.29, 1.82) is 0 Å². The van der Waals surface area contributed by atoms with E-state index in [-0.39, 0.29) is 0 Å². The second-order valence-electron chi connectivity index (χ2n) is 3.79. The first-order chi connectivity index (χ1) is 7.24. The zero-order valence-electron chi connectivity index (χ0n) is 8.56. The molecule has 0 bridgehead atoms. The van der Waals surface area contributed by atoms with E-state index in [1.807, 2.05) is 12.1 Å². The first-order valence-corrected chi connectivity index (χ1v) is 6.58. The number of benzene rings is 1.